The van der Waals surface area contributed by atoms with Gasteiger partial charge in [-0.1, -0.05) is 35.9 Å². The molecule has 0 bridgehead atoms. The minimum Gasteiger partial charge on any atom is -0.497 e. The largest absolute Gasteiger partial charge is 0.497 e. The van der Waals surface area contributed by atoms with Crippen molar-refractivity contribution in [2.45, 2.75) is 12.5 Å². The average Bonchev–Trinajstić information content (AvgIpc) is 3.38. The van der Waals surface area contributed by atoms with Gasteiger partial charge in [0.1, 0.15) is 17.6 Å². The molecule has 3 aromatic rings. The number of carbonyl (C=O) groups excluding carboxylic acids is 2. The molecule has 1 aromatic heterocycles. The van der Waals surface area contributed by atoms with E-state index in [1.54, 1.807) is 30.3 Å². The molecule has 1 aliphatic rings. The van der Waals surface area contributed by atoms with Gasteiger partial charge < -0.3 is 19.5 Å². The van der Waals surface area contributed by atoms with Crippen LogP contribution in [0.5, 0.6) is 5.75 Å². The summed E-state index contributed by atoms with van der Waals surface area (Å²) >= 11 is 6.26. The number of methoxy groups -OCH3 is 1. The number of carbonyl (C=O) groups is 2. The molecule has 0 radical (unpaired) electrons. The number of ether oxygens (including phenoxy) is 1. The van der Waals surface area contributed by atoms with Crippen LogP contribution in [-0.2, 0) is 16.6 Å². The second kappa shape index (κ2) is 8.81. The van der Waals surface area contributed by atoms with E-state index in [-0.39, 0.29) is 24.8 Å². The van der Waals surface area contributed by atoms with Crippen molar-refractivity contribution in [1.29, 1.82) is 0 Å². The topological polar surface area (TPSA) is 76.5 Å². The third-order valence-electron chi connectivity index (χ3n) is 5.49. The highest BCUT2D eigenvalue weighted by Crippen LogP contribution is 2.32. The number of nitrogens with zero attached hydrogens (tertiary/aromatic N) is 3. The second-order valence-corrected chi connectivity index (χ2v) is 7.88. The molecular formula is C23H23ClN4O3. The summed E-state index contributed by atoms with van der Waals surface area (Å²) in [5, 5.41) is 3.58. The monoisotopic (exact) mass is 438 g/mol. The van der Waals surface area contributed by atoms with Crippen molar-refractivity contribution in [3.63, 3.8) is 0 Å². The molecule has 8 heteroatoms. The van der Waals surface area contributed by atoms with Gasteiger partial charge in [0, 0.05) is 32.4 Å². The highest BCUT2D eigenvalue weighted by molar-refractivity contribution is 6.33. The van der Waals surface area contributed by atoms with Crippen LogP contribution in [0.1, 0.15) is 23.9 Å². The fraction of sp³-hybridized carbons (Fsp3) is 0.261. The molecule has 2 atom stereocenters. The lowest BCUT2D eigenvalue weighted by molar-refractivity contribution is -0.126. The Kier molecular flexibility index (Phi) is 5.95. The van der Waals surface area contributed by atoms with E-state index in [0.29, 0.717) is 16.5 Å². The standard InChI is InChI=1S/C23H23ClN4O3/c1-27-12-11-25-22(27)21(15-7-9-17(31-2)10-8-15)26-23(30)16-13-20(29)28(14-16)19-6-4-3-5-18(19)24/h3-12,16,21H,13-14H2,1-2H3,(H,26,30). The molecule has 1 aliphatic heterocycles. The van der Waals surface area contributed by atoms with Gasteiger partial charge >= 0.3 is 0 Å². The molecule has 2 aromatic carbocycles. The Bertz CT molecular complexity index is 1100. The van der Waals surface area contributed by atoms with Crippen molar-refractivity contribution in [1.82, 2.24) is 14.9 Å². The first-order valence-electron chi connectivity index (χ1n) is 9.94. The third kappa shape index (κ3) is 4.27. The summed E-state index contributed by atoms with van der Waals surface area (Å²) in [6, 6.07) is 14.2. The molecule has 0 spiro atoms. The zero-order chi connectivity index (χ0) is 22.0. The minimum atomic E-state index is -0.482. The van der Waals surface area contributed by atoms with Crippen molar-refractivity contribution >= 4 is 29.1 Å². The summed E-state index contributed by atoms with van der Waals surface area (Å²) < 4.78 is 7.11. The number of aryl methyl sites for hydroxylation is 1. The van der Waals surface area contributed by atoms with Crippen LogP contribution < -0.4 is 15.0 Å². The van der Waals surface area contributed by atoms with Crippen LogP contribution in [-0.4, -0.2) is 35.0 Å². The predicted octanol–water partition coefficient (Wildman–Crippen LogP) is 3.34. The van der Waals surface area contributed by atoms with Gasteiger partial charge in [-0.25, -0.2) is 4.98 Å². The lowest BCUT2D eigenvalue weighted by atomic mass is 10.0. The third-order valence-corrected chi connectivity index (χ3v) is 5.81. The fourth-order valence-electron chi connectivity index (χ4n) is 3.80. The molecular weight excluding hydrogens is 416 g/mol. The molecule has 2 unspecified atom stereocenters. The summed E-state index contributed by atoms with van der Waals surface area (Å²) in [4.78, 5) is 31.8. The summed E-state index contributed by atoms with van der Waals surface area (Å²) in [7, 11) is 3.48. The molecule has 2 heterocycles. The Morgan fingerprint density at radius 2 is 1.97 bits per heavy atom. The number of hydrogen-bond donors (Lipinski definition) is 1. The van der Waals surface area contributed by atoms with Crippen LogP contribution in [0.2, 0.25) is 5.02 Å². The molecule has 1 saturated heterocycles. The Morgan fingerprint density at radius 3 is 2.61 bits per heavy atom. The molecule has 0 saturated carbocycles. The number of nitrogens with one attached hydrogen (secondary N) is 1. The Balaban J connectivity index is 1.56. The van der Waals surface area contributed by atoms with Gasteiger partial charge in [0.15, 0.2) is 0 Å². The smallest absolute Gasteiger partial charge is 0.227 e. The van der Waals surface area contributed by atoms with Crippen LogP contribution in [0.15, 0.2) is 60.9 Å². The van der Waals surface area contributed by atoms with Gasteiger partial charge in [0.25, 0.3) is 0 Å². The molecule has 7 nitrogen and oxygen atoms in total. The summed E-state index contributed by atoms with van der Waals surface area (Å²) in [6.07, 6.45) is 3.65. The average molecular weight is 439 g/mol. The van der Waals surface area contributed by atoms with E-state index >= 15 is 0 Å². The van der Waals surface area contributed by atoms with E-state index < -0.39 is 12.0 Å². The van der Waals surface area contributed by atoms with Gasteiger partial charge in [-0.3, -0.25) is 9.59 Å². The molecule has 31 heavy (non-hydrogen) atoms. The number of hydrogen-bond acceptors (Lipinski definition) is 4. The van der Waals surface area contributed by atoms with E-state index in [0.717, 1.165) is 11.3 Å². The molecule has 0 aliphatic carbocycles. The molecule has 160 valence electrons. The van der Waals surface area contributed by atoms with Crippen LogP contribution in [0.25, 0.3) is 0 Å². The van der Waals surface area contributed by atoms with Gasteiger partial charge in [-0.15, -0.1) is 0 Å². The maximum absolute atomic E-state index is 13.2. The fourth-order valence-corrected chi connectivity index (χ4v) is 4.03. The first-order valence-corrected chi connectivity index (χ1v) is 10.3. The lowest BCUT2D eigenvalue weighted by Gasteiger charge is -2.22. The number of amides is 2. The van der Waals surface area contributed by atoms with E-state index in [2.05, 4.69) is 10.3 Å². The maximum atomic E-state index is 13.2. The van der Waals surface area contributed by atoms with Gasteiger partial charge in [-0.05, 0) is 29.8 Å². The highest BCUT2D eigenvalue weighted by atomic mass is 35.5. The first kappa shape index (κ1) is 20.9. The van der Waals surface area contributed by atoms with Crippen LogP contribution in [0.4, 0.5) is 5.69 Å². The number of aromatic nitrogens is 2. The number of benzene rings is 2. The maximum Gasteiger partial charge on any atom is 0.227 e. The predicted molar refractivity (Wildman–Crippen MR) is 118 cm³/mol. The summed E-state index contributed by atoms with van der Waals surface area (Å²) in [5.41, 5.74) is 1.50. The normalized spacial score (nSPS) is 16.9. The van der Waals surface area contributed by atoms with Gasteiger partial charge in [0.05, 0.1) is 23.7 Å². The summed E-state index contributed by atoms with van der Waals surface area (Å²) in [5.74, 6) is 0.624. The minimum absolute atomic E-state index is 0.119. The number of imidazole rings is 1. The zero-order valence-electron chi connectivity index (χ0n) is 17.3. The SMILES string of the molecule is COc1ccc(C(NC(=O)C2CC(=O)N(c3ccccc3Cl)C2)c2nccn2C)cc1. The first-order chi connectivity index (χ1) is 15.0. The van der Waals surface area contributed by atoms with Gasteiger partial charge in [-0.2, -0.15) is 0 Å². The van der Waals surface area contributed by atoms with Crippen molar-refractivity contribution < 1.29 is 14.3 Å². The molecule has 2 amide bonds. The Labute approximate surface area is 185 Å². The molecule has 1 fully saturated rings. The number of para-hydroxylation sites is 1. The highest BCUT2D eigenvalue weighted by Gasteiger charge is 2.37. The van der Waals surface area contributed by atoms with Crippen molar-refractivity contribution in [3.8, 4) is 5.75 Å². The molecule has 4 rings (SSSR count). The van der Waals surface area contributed by atoms with E-state index in [1.165, 1.54) is 0 Å². The Morgan fingerprint density at radius 1 is 1.23 bits per heavy atom. The van der Waals surface area contributed by atoms with Crippen LogP contribution in [0.3, 0.4) is 0 Å². The van der Waals surface area contributed by atoms with Gasteiger partial charge in [0.2, 0.25) is 11.8 Å². The van der Waals surface area contributed by atoms with Crippen LogP contribution >= 0.6 is 11.6 Å². The van der Waals surface area contributed by atoms with E-state index in [4.69, 9.17) is 16.3 Å². The van der Waals surface area contributed by atoms with Crippen LogP contribution in [0, 0.1) is 5.92 Å². The van der Waals surface area contributed by atoms with E-state index in [9.17, 15) is 9.59 Å². The van der Waals surface area contributed by atoms with Crippen molar-refractivity contribution in [3.05, 3.63) is 77.3 Å². The number of halogens is 1. The van der Waals surface area contributed by atoms with Crippen molar-refractivity contribution in [2.75, 3.05) is 18.6 Å². The van der Waals surface area contributed by atoms with Crippen molar-refractivity contribution in [2.24, 2.45) is 13.0 Å². The Hall–Kier alpha value is -3.32. The lowest BCUT2D eigenvalue weighted by Crippen LogP contribution is -2.37. The van der Waals surface area contributed by atoms with E-state index in [1.807, 2.05) is 54.2 Å². The quantitative estimate of drug-likeness (QED) is 0.640. The zero-order valence-corrected chi connectivity index (χ0v) is 18.0. The number of anilines is 1. The second-order valence-electron chi connectivity index (χ2n) is 7.47. The summed E-state index contributed by atoms with van der Waals surface area (Å²) in [6.45, 7) is 0.282. The molecule has 1 N–H and O–H groups in total. The number of rotatable bonds is 6.